The molecule has 5 aromatic carbocycles. The minimum Gasteiger partial charge on any atom is -0.311 e. The van der Waals surface area contributed by atoms with Crippen molar-refractivity contribution in [3.63, 3.8) is 0 Å². The van der Waals surface area contributed by atoms with Crippen LogP contribution < -0.4 is 26.2 Å². The predicted molar refractivity (Wildman–Crippen MR) is 310 cm³/mol. The first-order valence-electron chi connectivity index (χ1n) is 27.9. The maximum atomic E-state index is 2.82. The summed E-state index contributed by atoms with van der Waals surface area (Å²) in [6.45, 7) is 37.6. The number of fused-ring (bicyclic) bond motifs is 9. The molecule has 0 saturated carbocycles. The van der Waals surface area contributed by atoms with Crippen molar-refractivity contribution in [1.82, 2.24) is 0 Å². The van der Waals surface area contributed by atoms with Crippen LogP contribution in [0.4, 0.5) is 33.4 Å². The highest BCUT2D eigenvalue weighted by molar-refractivity contribution is 7.20. The molecule has 0 spiro atoms. The van der Waals surface area contributed by atoms with E-state index in [1.54, 1.807) is 27.0 Å². The quantitative estimate of drug-likeness (QED) is 0.159. The van der Waals surface area contributed by atoms with E-state index in [-0.39, 0.29) is 44.6 Å². The van der Waals surface area contributed by atoms with Gasteiger partial charge in [-0.05, 0) is 218 Å². The zero-order valence-corrected chi connectivity index (χ0v) is 47.1. The molecule has 1 atom stereocenters. The molecule has 6 aromatic rings. The van der Waals surface area contributed by atoms with Crippen LogP contribution in [0.1, 0.15) is 211 Å². The summed E-state index contributed by atoms with van der Waals surface area (Å²) in [6.07, 6.45) is 13.3. The van der Waals surface area contributed by atoms with Gasteiger partial charge in [-0.1, -0.05) is 146 Å². The summed E-state index contributed by atoms with van der Waals surface area (Å²) in [6, 6.07) is 35.2. The van der Waals surface area contributed by atoms with Gasteiger partial charge in [0.15, 0.2) is 0 Å². The molecule has 0 fully saturated rings. The summed E-state index contributed by atoms with van der Waals surface area (Å²) in [5, 5.41) is 1.46. The second-order valence-corrected chi connectivity index (χ2v) is 28.9. The van der Waals surface area contributed by atoms with Gasteiger partial charge in [-0.15, -0.1) is 11.3 Å². The van der Waals surface area contributed by atoms with Crippen molar-refractivity contribution < 1.29 is 0 Å². The minimum atomic E-state index is 0.0465. The van der Waals surface area contributed by atoms with Crippen molar-refractivity contribution in [2.24, 2.45) is 0 Å². The van der Waals surface area contributed by atoms with Crippen molar-refractivity contribution in [2.45, 2.75) is 212 Å². The molecule has 6 aliphatic rings. The second kappa shape index (κ2) is 15.5. The molecular weight excluding hydrogens is 876 g/mol. The Balaban J connectivity index is 1.24. The van der Waals surface area contributed by atoms with Crippen LogP contribution in [-0.4, -0.2) is 6.71 Å². The third-order valence-corrected chi connectivity index (χ3v) is 21.6. The fraction of sp³-hybridized carbons (Fsp3) is 0.493. The third-order valence-electron chi connectivity index (χ3n) is 20.0. The molecule has 1 aromatic heterocycles. The number of rotatable bonds is 5. The standard InChI is InChI=1S/C67H81BN2S/c1-16-26-67(15)33-32-65(11,12)50-40-54-52(38-51(50)67)68-57-44-23-20-27-66(13,14)59(44)71-60(57)69(43-24-25-46-47(36-43)62(5,6)29-28-61(46,3)4)55-34-41(2)35-56(58(55)68)70(54)53-39-49-48(63(7,8)30-31-64(49,9)10)37-45(53)42-21-18-17-19-22-42/h17-19,21-22,24-25,34-40H,16,20,23,26-33H2,1-15H3. The lowest BCUT2D eigenvalue weighted by Gasteiger charge is -2.49. The first-order valence-corrected chi connectivity index (χ1v) is 28.7. The lowest BCUT2D eigenvalue weighted by molar-refractivity contribution is 0.295. The Labute approximate surface area is 433 Å². The van der Waals surface area contributed by atoms with E-state index in [1.807, 2.05) is 0 Å². The van der Waals surface area contributed by atoms with E-state index in [4.69, 9.17) is 0 Å². The van der Waals surface area contributed by atoms with E-state index >= 15 is 0 Å². The largest absolute Gasteiger partial charge is 0.311 e. The Morgan fingerprint density at radius 1 is 0.507 bits per heavy atom. The number of hydrogen-bond donors (Lipinski definition) is 0. The number of thiophene rings is 1. The topological polar surface area (TPSA) is 6.48 Å². The van der Waals surface area contributed by atoms with E-state index in [0.717, 1.165) is 6.42 Å². The zero-order chi connectivity index (χ0) is 50.2. The smallest absolute Gasteiger partial charge is 0.253 e. The van der Waals surface area contributed by atoms with Crippen molar-refractivity contribution in [3.05, 3.63) is 134 Å². The average Bonchev–Trinajstić information content (AvgIpc) is 3.71. The summed E-state index contributed by atoms with van der Waals surface area (Å²) in [7, 11) is 0. The van der Waals surface area contributed by atoms with Crippen LogP contribution in [0.25, 0.3) is 11.1 Å². The van der Waals surface area contributed by atoms with Crippen LogP contribution in [-0.2, 0) is 44.3 Å². The highest BCUT2D eigenvalue weighted by Gasteiger charge is 2.51. The molecule has 368 valence electrons. The molecular formula is C67H81BN2S. The molecule has 3 heterocycles. The van der Waals surface area contributed by atoms with E-state index in [1.165, 1.54) is 148 Å². The molecule has 71 heavy (non-hydrogen) atoms. The molecule has 0 bridgehead atoms. The Kier molecular flexibility index (Phi) is 10.4. The third kappa shape index (κ3) is 6.97. The molecule has 2 nitrogen and oxygen atoms in total. The minimum absolute atomic E-state index is 0.0465. The van der Waals surface area contributed by atoms with Crippen molar-refractivity contribution in [2.75, 3.05) is 9.80 Å². The molecule has 12 rings (SSSR count). The van der Waals surface area contributed by atoms with Crippen LogP contribution in [0.15, 0.2) is 84.9 Å². The Morgan fingerprint density at radius 2 is 1.07 bits per heavy atom. The summed E-state index contributed by atoms with van der Waals surface area (Å²) in [5.74, 6) is 0. The summed E-state index contributed by atoms with van der Waals surface area (Å²) < 4.78 is 0. The number of nitrogens with zero attached hydrogens (tertiary/aromatic N) is 2. The van der Waals surface area contributed by atoms with E-state index in [9.17, 15) is 0 Å². The number of hydrogen-bond acceptors (Lipinski definition) is 3. The summed E-state index contributed by atoms with van der Waals surface area (Å²) >= 11 is 2.14. The Hall–Kier alpha value is -4.54. The maximum Gasteiger partial charge on any atom is 0.253 e. The van der Waals surface area contributed by atoms with Gasteiger partial charge in [0, 0.05) is 33.2 Å². The van der Waals surface area contributed by atoms with Crippen LogP contribution in [0.3, 0.4) is 0 Å². The van der Waals surface area contributed by atoms with Crippen LogP contribution in [0, 0.1) is 6.92 Å². The van der Waals surface area contributed by atoms with E-state index in [2.05, 4.69) is 210 Å². The van der Waals surface area contributed by atoms with Gasteiger partial charge < -0.3 is 9.80 Å². The maximum absolute atomic E-state index is 2.82. The van der Waals surface area contributed by atoms with Gasteiger partial charge >= 0.3 is 0 Å². The first kappa shape index (κ1) is 47.5. The highest BCUT2D eigenvalue weighted by atomic mass is 32.1. The van der Waals surface area contributed by atoms with Gasteiger partial charge in [-0.25, -0.2) is 0 Å². The molecule has 0 saturated heterocycles. The predicted octanol–water partition coefficient (Wildman–Crippen LogP) is 17.2. The fourth-order valence-electron chi connectivity index (χ4n) is 15.3. The molecule has 0 radical (unpaired) electrons. The van der Waals surface area contributed by atoms with Gasteiger partial charge in [0.05, 0.1) is 10.7 Å². The number of benzene rings is 5. The first-order chi connectivity index (χ1) is 33.4. The van der Waals surface area contributed by atoms with Crippen molar-refractivity contribution >= 4 is 67.9 Å². The lowest BCUT2D eigenvalue weighted by Crippen LogP contribution is -2.62. The normalized spacial score (nSPS) is 23.1. The highest BCUT2D eigenvalue weighted by Crippen LogP contribution is 2.58. The molecule has 0 amide bonds. The second-order valence-electron chi connectivity index (χ2n) is 27.9. The molecule has 1 unspecified atom stereocenters. The molecule has 4 aliphatic carbocycles. The Morgan fingerprint density at radius 3 is 1.72 bits per heavy atom. The van der Waals surface area contributed by atoms with E-state index in [0.29, 0.717) is 0 Å². The number of aryl methyl sites for hydroxylation is 1. The van der Waals surface area contributed by atoms with Gasteiger partial charge in [-0.2, -0.15) is 0 Å². The molecule has 4 heteroatoms. The van der Waals surface area contributed by atoms with Crippen LogP contribution in [0.5, 0.6) is 0 Å². The van der Waals surface area contributed by atoms with E-state index < -0.39 is 0 Å². The van der Waals surface area contributed by atoms with Gasteiger partial charge in [0.2, 0.25) is 0 Å². The van der Waals surface area contributed by atoms with Crippen LogP contribution >= 0.6 is 11.3 Å². The van der Waals surface area contributed by atoms with Crippen molar-refractivity contribution in [3.8, 4) is 11.1 Å². The summed E-state index contributed by atoms with van der Waals surface area (Å²) in [4.78, 5) is 7.23. The fourth-order valence-corrected chi connectivity index (χ4v) is 16.8. The van der Waals surface area contributed by atoms with Gasteiger partial charge in [0.1, 0.15) is 0 Å². The van der Waals surface area contributed by atoms with Gasteiger partial charge in [0.25, 0.3) is 6.71 Å². The van der Waals surface area contributed by atoms with Gasteiger partial charge in [-0.3, -0.25) is 0 Å². The summed E-state index contributed by atoms with van der Waals surface area (Å²) in [5.41, 5.74) is 26.9. The molecule has 2 aliphatic heterocycles. The Bertz CT molecular complexity index is 3190. The molecule has 0 N–H and O–H groups in total. The SMILES string of the molecule is CCCC1(C)CCC(C)(C)c2cc3c(cc21)B1c2c(cc(C)cc2N(c2ccc4c(c2)C(C)(C)CCC4(C)C)c2sc4c(c21)CCCC4(C)C)N3c1cc2c(cc1-c1ccccc1)C(C)(C)CCC2(C)C. The monoisotopic (exact) mass is 957 g/mol. The van der Waals surface area contributed by atoms with Crippen LogP contribution in [0.2, 0.25) is 0 Å². The average molecular weight is 957 g/mol. The zero-order valence-electron chi connectivity index (χ0n) is 46.2. The lowest BCUT2D eigenvalue weighted by atomic mass is 9.32. The van der Waals surface area contributed by atoms with Crippen molar-refractivity contribution in [1.29, 1.82) is 0 Å². The number of anilines is 6.